The van der Waals surface area contributed by atoms with Crippen LogP contribution in [0.5, 0.6) is 5.88 Å². The number of nitriles is 1. The number of benzene rings is 1. The first-order valence-electron chi connectivity index (χ1n) is 7.73. The van der Waals surface area contributed by atoms with Gasteiger partial charge in [0.05, 0.1) is 12.1 Å². The van der Waals surface area contributed by atoms with Crippen molar-refractivity contribution in [1.82, 2.24) is 14.9 Å². The molecule has 0 N–H and O–H groups in total. The smallest absolute Gasteiger partial charge is 0.416 e. The Hall–Kier alpha value is -3.15. The number of carbonyl (C=O) groups is 1. The standard InChI is InChI=1S/C17H13F3N4O2/c18-17(19,20)12-3-1-2-11(8-12)16(25)24-7-4-13(10-24)26-15-14(9-21)22-5-6-23-15/h1-3,5-6,8,13H,4,7,10H2. The molecule has 0 saturated carbocycles. The Bertz CT molecular complexity index is 864. The first-order valence-corrected chi connectivity index (χ1v) is 7.73. The van der Waals surface area contributed by atoms with Gasteiger partial charge in [0.25, 0.3) is 11.8 Å². The quantitative estimate of drug-likeness (QED) is 0.839. The fourth-order valence-corrected chi connectivity index (χ4v) is 2.67. The maximum Gasteiger partial charge on any atom is 0.416 e. The summed E-state index contributed by atoms with van der Waals surface area (Å²) in [5.74, 6) is -0.421. The lowest BCUT2D eigenvalue weighted by Crippen LogP contribution is -2.31. The van der Waals surface area contributed by atoms with E-state index in [0.717, 1.165) is 12.1 Å². The molecule has 1 unspecified atom stereocenters. The average molecular weight is 362 g/mol. The summed E-state index contributed by atoms with van der Waals surface area (Å²) in [4.78, 5) is 21.7. The molecule has 1 atom stereocenters. The van der Waals surface area contributed by atoms with E-state index >= 15 is 0 Å². The third-order valence-corrected chi connectivity index (χ3v) is 3.92. The molecule has 0 aliphatic carbocycles. The number of hydrogen-bond donors (Lipinski definition) is 0. The number of amides is 1. The molecule has 0 spiro atoms. The van der Waals surface area contributed by atoms with Crippen LogP contribution >= 0.6 is 0 Å². The highest BCUT2D eigenvalue weighted by Crippen LogP contribution is 2.30. The zero-order chi connectivity index (χ0) is 18.7. The van der Waals surface area contributed by atoms with E-state index in [1.165, 1.54) is 29.4 Å². The Morgan fingerprint density at radius 3 is 2.81 bits per heavy atom. The van der Waals surface area contributed by atoms with Crippen LogP contribution < -0.4 is 4.74 Å². The summed E-state index contributed by atoms with van der Waals surface area (Å²) < 4.78 is 44.0. The van der Waals surface area contributed by atoms with Crippen LogP contribution in [0.3, 0.4) is 0 Å². The highest BCUT2D eigenvalue weighted by molar-refractivity contribution is 5.94. The topological polar surface area (TPSA) is 79.1 Å². The normalized spacial score (nSPS) is 17.0. The van der Waals surface area contributed by atoms with Crippen LogP contribution in [0.25, 0.3) is 0 Å². The van der Waals surface area contributed by atoms with E-state index in [1.807, 2.05) is 6.07 Å². The monoisotopic (exact) mass is 362 g/mol. The van der Waals surface area contributed by atoms with Crippen molar-refractivity contribution in [3.63, 3.8) is 0 Å². The van der Waals surface area contributed by atoms with Crippen molar-refractivity contribution in [1.29, 1.82) is 5.26 Å². The highest BCUT2D eigenvalue weighted by atomic mass is 19.4. The van der Waals surface area contributed by atoms with Crippen LogP contribution in [0.4, 0.5) is 13.2 Å². The van der Waals surface area contributed by atoms with Gasteiger partial charge in [-0.25, -0.2) is 9.97 Å². The summed E-state index contributed by atoms with van der Waals surface area (Å²) in [6.07, 6.45) is -1.69. The summed E-state index contributed by atoms with van der Waals surface area (Å²) in [6.45, 7) is 0.526. The summed E-state index contributed by atoms with van der Waals surface area (Å²) >= 11 is 0. The summed E-state index contributed by atoms with van der Waals surface area (Å²) in [6, 6.07) is 6.18. The molecule has 0 radical (unpaired) electrons. The van der Waals surface area contributed by atoms with Gasteiger partial charge >= 0.3 is 6.18 Å². The Morgan fingerprint density at radius 2 is 2.08 bits per heavy atom. The van der Waals surface area contributed by atoms with Gasteiger partial charge in [-0.15, -0.1) is 0 Å². The van der Waals surface area contributed by atoms with Gasteiger partial charge in [0.2, 0.25) is 5.69 Å². The fraction of sp³-hybridized carbons (Fsp3) is 0.294. The predicted octanol–water partition coefficient (Wildman–Crippen LogP) is 2.66. The van der Waals surface area contributed by atoms with E-state index in [-0.39, 0.29) is 23.7 Å². The molecule has 1 aliphatic rings. The number of ether oxygens (including phenoxy) is 1. The van der Waals surface area contributed by atoms with E-state index in [9.17, 15) is 18.0 Å². The Kier molecular flexibility index (Phi) is 4.75. The molecule has 2 heterocycles. The largest absolute Gasteiger partial charge is 0.470 e. The minimum absolute atomic E-state index is 0.0299. The van der Waals surface area contributed by atoms with E-state index in [2.05, 4.69) is 9.97 Å². The lowest BCUT2D eigenvalue weighted by Gasteiger charge is -2.18. The van der Waals surface area contributed by atoms with E-state index in [1.54, 1.807) is 0 Å². The molecule has 9 heteroatoms. The third kappa shape index (κ3) is 3.74. The number of carbonyl (C=O) groups excluding carboxylic acids is 1. The zero-order valence-corrected chi connectivity index (χ0v) is 13.4. The molecule has 26 heavy (non-hydrogen) atoms. The van der Waals surface area contributed by atoms with Crippen molar-refractivity contribution in [2.45, 2.75) is 18.7 Å². The van der Waals surface area contributed by atoms with Crippen LogP contribution in [0.1, 0.15) is 28.0 Å². The second-order valence-electron chi connectivity index (χ2n) is 5.68. The number of likely N-dealkylation sites (tertiary alicyclic amines) is 1. The lowest BCUT2D eigenvalue weighted by atomic mass is 10.1. The van der Waals surface area contributed by atoms with E-state index in [0.29, 0.717) is 13.0 Å². The van der Waals surface area contributed by atoms with E-state index in [4.69, 9.17) is 10.00 Å². The van der Waals surface area contributed by atoms with Gasteiger partial charge in [0.15, 0.2) is 0 Å². The van der Waals surface area contributed by atoms with Crippen molar-refractivity contribution in [3.05, 3.63) is 53.5 Å². The molecular formula is C17H13F3N4O2. The minimum Gasteiger partial charge on any atom is -0.470 e. The summed E-state index contributed by atoms with van der Waals surface area (Å²) in [5, 5.41) is 8.98. The van der Waals surface area contributed by atoms with Gasteiger partial charge in [-0.3, -0.25) is 4.79 Å². The minimum atomic E-state index is -4.51. The Morgan fingerprint density at radius 1 is 1.31 bits per heavy atom. The number of rotatable bonds is 3. The van der Waals surface area contributed by atoms with Crippen LogP contribution in [-0.2, 0) is 6.18 Å². The zero-order valence-electron chi connectivity index (χ0n) is 13.4. The maximum atomic E-state index is 12.8. The maximum absolute atomic E-state index is 12.8. The highest BCUT2D eigenvalue weighted by Gasteiger charge is 2.33. The number of hydrogen-bond acceptors (Lipinski definition) is 5. The molecular weight excluding hydrogens is 349 g/mol. The number of alkyl halides is 3. The van der Waals surface area contributed by atoms with Crippen molar-refractivity contribution in [3.8, 4) is 11.9 Å². The molecule has 134 valence electrons. The summed E-state index contributed by atoms with van der Waals surface area (Å²) in [5.41, 5.74) is -0.860. The molecule has 1 fully saturated rings. The molecule has 1 aromatic heterocycles. The lowest BCUT2D eigenvalue weighted by molar-refractivity contribution is -0.137. The molecule has 0 bridgehead atoms. The van der Waals surface area contributed by atoms with Crippen LogP contribution in [-0.4, -0.2) is 40.0 Å². The van der Waals surface area contributed by atoms with Crippen LogP contribution in [0.15, 0.2) is 36.7 Å². The summed E-state index contributed by atoms with van der Waals surface area (Å²) in [7, 11) is 0. The van der Waals surface area contributed by atoms with Crippen molar-refractivity contribution >= 4 is 5.91 Å². The van der Waals surface area contributed by atoms with Crippen molar-refractivity contribution < 1.29 is 22.7 Å². The molecule has 3 rings (SSSR count). The van der Waals surface area contributed by atoms with Crippen molar-refractivity contribution in [2.24, 2.45) is 0 Å². The van der Waals surface area contributed by atoms with Gasteiger partial charge in [0.1, 0.15) is 12.2 Å². The van der Waals surface area contributed by atoms with Gasteiger partial charge in [-0.05, 0) is 18.2 Å². The third-order valence-electron chi connectivity index (χ3n) is 3.92. The Balaban J connectivity index is 1.69. The van der Waals surface area contributed by atoms with Gasteiger partial charge in [-0.1, -0.05) is 6.07 Å². The average Bonchev–Trinajstić information content (AvgIpc) is 3.09. The first-order chi connectivity index (χ1) is 12.4. The van der Waals surface area contributed by atoms with Crippen molar-refractivity contribution in [2.75, 3.05) is 13.1 Å². The first kappa shape index (κ1) is 17.7. The molecule has 1 aromatic carbocycles. The molecule has 1 saturated heterocycles. The second kappa shape index (κ2) is 7.00. The number of halogens is 3. The fourth-order valence-electron chi connectivity index (χ4n) is 2.67. The predicted molar refractivity (Wildman–Crippen MR) is 83.1 cm³/mol. The molecule has 1 amide bonds. The van der Waals surface area contributed by atoms with Gasteiger partial charge < -0.3 is 9.64 Å². The SMILES string of the molecule is N#Cc1nccnc1OC1CCN(C(=O)c2cccc(C(F)(F)F)c2)C1. The second-order valence-corrected chi connectivity index (χ2v) is 5.68. The molecule has 1 aliphatic heterocycles. The van der Waals surface area contributed by atoms with Crippen LogP contribution in [0, 0.1) is 11.3 Å². The Labute approximate surface area is 146 Å². The van der Waals surface area contributed by atoms with Gasteiger partial charge in [0, 0.05) is 30.9 Å². The number of aromatic nitrogens is 2. The van der Waals surface area contributed by atoms with Crippen LogP contribution in [0.2, 0.25) is 0 Å². The molecule has 6 nitrogen and oxygen atoms in total. The van der Waals surface area contributed by atoms with E-state index < -0.39 is 23.8 Å². The van der Waals surface area contributed by atoms with Gasteiger partial charge in [-0.2, -0.15) is 18.4 Å². The number of nitrogens with zero attached hydrogens (tertiary/aromatic N) is 4. The molecule has 2 aromatic rings.